The van der Waals surface area contributed by atoms with Gasteiger partial charge < -0.3 is 15.7 Å². The fourth-order valence-electron chi connectivity index (χ4n) is 2.56. The summed E-state index contributed by atoms with van der Waals surface area (Å²) in [5.74, 6) is 0.670. The third-order valence-electron chi connectivity index (χ3n) is 3.86. The summed E-state index contributed by atoms with van der Waals surface area (Å²) in [5.41, 5.74) is 1.15. The summed E-state index contributed by atoms with van der Waals surface area (Å²) in [6, 6.07) is 10.2. The number of benzene rings is 1. The highest BCUT2D eigenvalue weighted by atomic mass is 127. The quantitative estimate of drug-likeness (QED) is 0.285. The van der Waals surface area contributed by atoms with Crippen LogP contribution in [0.25, 0.3) is 10.1 Å². The summed E-state index contributed by atoms with van der Waals surface area (Å²) < 4.78 is 3.08. The molecule has 0 bridgehead atoms. The van der Waals surface area contributed by atoms with Crippen molar-refractivity contribution in [3.05, 3.63) is 53.2 Å². The molecule has 3 rings (SSSR count). The molecule has 8 heteroatoms. The van der Waals surface area contributed by atoms with Gasteiger partial charge in [-0.3, -0.25) is 9.67 Å². The predicted octanol–water partition coefficient (Wildman–Crippen LogP) is 2.92. The summed E-state index contributed by atoms with van der Waals surface area (Å²) in [4.78, 5) is 5.14. The Morgan fingerprint density at radius 3 is 2.85 bits per heavy atom. The molecule has 2 aromatic heterocycles. The molecule has 2 heterocycles. The Morgan fingerprint density at radius 2 is 2.15 bits per heavy atom. The standard InChI is InChI=1S/C18H23N5OS.HI/c1-13-10-22-23(12-13)8-7-20-18(19-2)21-11-15(24)17-9-14-5-3-4-6-16(14)25-17;/h3-6,9-10,12,15,24H,7-8,11H2,1-2H3,(H2,19,20,21);1H. The lowest BCUT2D eigenvalue weighted by Crippen LogP contribution is -2.40. The van der Waals surface area contributed by atoms with Crippen LogP contribution in [0.1, 0.15) is 16.5 Å². The zero-order chi connectivity index (χ0) is 17.6. The zero-order valence-corrected chi connectivity index (χ0v) is 18.0. The molecule has 0 spiro atoms. The van der Waals surface area contributed by atoms with Crippen LogP contribution < -0.4 is 10.6 Å². The normalized spacial score (nSPS) is 12.7. The smallest absolute Gasteiger partial charge is 0.191 e. The van der Waals surface area contributed by atoms with Crippen LogP contribution in [0.3, 0.4) is 0 Å². The van der Waals surface area contributed by atoms with Crippen molar-refractivity contribution < 1.29 is 5.11 Å². The lowest BCUT2D eigenvalue weighted by atomic mass is 10.2. The first kappa shape index (κ1) is 20.7. The number of hydrogen-bond acceptors (Lipinski definition) is 4. The maximum Gasteiger partial charge on any atom is 0.191 e. The van der Waals surface area contributed by atoms with Crippen molar-refractivity contribution >= 4 is 51.4 Å². The van der Waals surface area contributed by atoms with Crippen molar-refractivity contribution in [2.75, 3.05) is 20.1 Å². The number of aryl methyl sites for hydroxylation is 1. The van der Waals surface area contributed by atoms with Gasteiger partial charge in [0.15, 0.2) is 5.96 Å². The summed E-state index contributed by atoms with van der Waals surface area (Å²) in [7, 11) is 1.72. The molecule has 0 fully saturated rings. The maximum absolute atomic E-state index is 10.4. The molecule has 1 atom stereocenters. The van der Waals surface area contributed by atoms with Crippen LogP contribution in [0.2, 0.25) is 0 Å². The first-order valence-electron chi connectivity index (χ1n) is 8.26. The van der Waals surface area contributed by atoms with Crippen molar-refractivity contribution in [3.8, 4) is 0 Å². The van der Waals surface area contributed by atoms with E-state index < -0.39 is 6.10 Å². The van der Waals surface area contributed by atoms with Gasteiger partial charge in [-0.2, -0.15) is 5.10 Å². The van der Waals surface area contributed by atoms with Crippen LogP contribution in [0.15, 0.2) is 47.7 Å². The van der Waals surface area contributed by atoms with Gasteiger partial charge in [-0.25, -0.2) is 0 Å². The number of nitrogens with zero attached hydrogens (tertiary/aromatic N) is 3. The van der Waals surface area contributed by atoms with E-state index in [1.54, 1.807) is 18.4 Å². The largest absolute Gasteiger partial charge is 0.386 e. The van der Waals surface area contributed by atoms with Crippen molar-refractivity contribution in [3.63, 3.8) is 0 Å². The van der Waals surface area contributed by atoms with Gasteiger partial charge >= 0.3 is 0 Å². The third kappa shape index (κ3) is 5.42. The molecule has 0 amide bonds. The highest BCUT2D eigenvalue weighted by molar-refractivity contribution is 14.0. The van der Waals surface area contributed by atoms with Gasteiger partial charge in [-0.15, -0.1) is 35.3 Å². The molecule has 0 saturated carbocycles. The fraction of sp³-hybridized carbons (Fsp3) is 0.333. The number of nitrogens with one attached hydrogen (secondary N) is 2. The second-order valence-electron chi connectivity index (χ2n) is 5.86. The third-order valence-corrected chi connectivity index (χ3v) is 5.07. The minimum absolute atomic E-state index is 0. The monoisotopic (exact) mass is 485 g/mol. The number of aliphatic imine (C=N–C) groups is 1. The Morgan fingerprint density at radius 1 is 1.35 bits per heavy atom. The van der Waals surface area contributed by atoms with E-state index in [1.807, 2.05) is 42.2 Å². The number of aliphatic hydroxyl groups is 1. The second kappa shape index (κ2) is 9.89. The van der Waals surface area contributed by atoms with Gasteiger partial charge in [0.1, 0.15) is 6.10 Å². The molecular weight excluding hydrogens is 461 g/mol. The van der Waals surface area contributed by atoms with Gasteiger partial charge in [0.05, 0.1) is 12.7 Å². The van der Waals surface area contributed by atoms with E-state index in [9.17, 15) is 5.11 Å². The Bertz CT molecular complexity index is 827. The summed E-state index contributed by atoms with van der Waals surface area (Å²) >= 11 is 1.62. The van der Waals surface area contributed by atoms with Crippen LogP contribution in [-0.4, -0.2) is 41.0 Å². The van der Waals surface area contributed by atoms with Crippen molar-refractivity contribution in [2.45, 2.75) is 19.6 Å². The Balaban J connectivity index is 0.00000243. The van der Waals surface area contributed by atoms with Gasteiger partial charge in [-0.1, -0.05) is 18.2 Å². The fourth-order valence-corrected chi connectivity index (χ4v) is 3.61. The number of halogens is 1. The molecule has 26 heavy (non-hydrogen) atoms. The summed E-state index contributed by atoms with van der Waals surface area (Å²) in [5, 5.41) is 22.2. The Kier molecular flexibility index (Phi) is 7.85. The molecule has 0 aliphatic carbocycles. The van der Waals surface area contributed by atoms with Crippen molar-refractivity contribution in [2.24, 2.45) is 4.99 Å². The number of aliphatic hydroxyl groups excluding tert-OH is 1. The highest BCUT2D eigenvalue weighted by Gasteiger charge is 2.12. The van der Waals surface area contributed by atoms with Crippen LogP contribution in [0.4, 0.5) is 0 Å². The van der Waals surface area contributed by atoms with E-state index in [2.05, 4.69) is 32.9 Å². The predicted molar refractivity (Wildman–Crippen MR) is 119 cm³/mol. The topological polar surface area (TPSA) is 74.5 Å². The van der Waals surface area contributed by atoms with E-state index in [4.69, 9.17) is 0 Å². The number of rotatable bonds is 6. The average Bonchev–Trinajstić information content (AvgIpc) is 3.23. The van der Waals surface area contributed by atoms with Gasteiger partial charge in [-0.05, 0) is 30.0 Å². The minimum atomic E-state index is -0.565. The van der Waals surface area contributed by atoms with Gasteiger partial charge in [0, 0.05) is 35.9 Å². The molecule has 1 unspecified atom stereocenters. The van der Waals surface area contributed by atoms with Gasteiger partial charge in [0.25, 0.3) is 0 Å². The second-order valence-corrected chi connectivity index (χ2v) is 6.98. The summed E-state index contributed by atoms with van der Waals surface area (Å²) in [6.07, 6.45) is 3.28. The van der Waals surface area contributed by atoms with E-state index in [1.165, 1.54) is 10.1 Å². The molecule has 140 valence electrons. The van der Waals surface area contributed by atoms with E-state index in [0.29, 0.717) is 19.0 Å². The lowest BCUT2D eigenvalue weighted by Gasteiger charge is -2.14. The Hall–Kier alpha value is -1.65. The maximum atomic E-state index is 10.4. The van der Waals surface area contributed by atoms with Crippen LogP contribution in [0.5, 0.6) is 0 Å². The average molecular weight is 485 g/mol. The molecule has 0 aliphatic rings. The summed E-state index contributed by atoms with van der Waals surface area (Å²) in [6.45, 7) is 3.90. The van der Waals surface area contributed by atoms with Crippen LogP contribution in [-0.2, 0) is 6.54 Å². The highest BCUT2D eigenvalue weighted by Crippen LogP contribution is 2.29. The molecule has 0 radical (unpaired) electrons. The molecule has 6 nitrogen and oxygen atoms in total. The molecule has 3 aromatic rings. The van der Waals surface area contributed by atoms with Crippen LogP contribution in [0, 0.1) is 6.92 Å². The molecule has 3 N–H and O–H groups in total. The number of thiophene rings is 1. The molecular formula is C18H24IN5OS. The van der Waals surface area contributed by atoms with Crippen LogP contribution >= 0.6 is 35.3 Å². The molecule has 1 aromatic carbocycles. The Labute approximate surface area is 174 Å². The zero-order valence-electron chi connectivity index (χ0n) is 14.8. The minimum Gasteiger partial charge on any atom is -0.386 e. The lowest BCUT2D eigenvalue weighted by molar-refractivity contribution is 0.184. The first-order valence-corrected chi connectivity index (χ1v) is 9.07. The molecule has 0 aliphatic heterocycles. The number of guanidine groups is 1. The van der Waals surface area contributed by atoms with E-state index >= 15 is 0 Å². The number of hydrogen-bond donors (Lipinski definition) is 3. The van der Waals surface area contributed by atoms with E-state index in [0.717, 1.165) is 17.0 Å². The van der Waals surface area contributed by atoms with Crippen molar-refractivity contribution in [1.82, 2.24) is 20.4 Å². The van der Waals surface area contributed by atoms with Crippen molar-refractivity contribution in [1.29, 1.82) is 0 Å². The SMILES string of the molecule is CN=C(NCCn1cc(C)cn1)NCC(O)c1cc2ccccc2s1.I. The first-order chi connectivity index (χ1) is 12.2. The van der Waals surface area contributed by atoms with Gasteiger partial charge in [0.2, 0.25) is 0 Å². The number of fused-ring (bicyclic) bond motifs is 1. The molecule has 0 saturated heterocycles. The number of aromatic nitrogens is 2. The van der Waals surface area contributed by atoms with E-state index in [-0.39, 0.29) is 24.0 Å².